The molecule has 1 fully saturated rings. The van der Waals surface area contributed by atoms with Gasteiger partial charge in [0.25, 0.3) is 5.56 Å². The predicted molar refractivity (Wildman–Crippen MR) is 140 cm³/mol. The Hall–Kier alpha value is -3.63. The highest BCUT2D eigenvalue weighted by molar-refractivity contribution is 6.31. The van der Waals surface area contributed by atoms with Crippen molar-refractivity contribution >= 4 is 11.6 Å². The molecule has 1 aliphatic carbocycles. The van der Waals surface area contributed by atoms with Crippen molar-refractivity contribution in [3.05, 3.63) is 98.2 Å². The van der Waals surface area contributed by atoms with Crippen LogP contribution in [0.5, 0.6) is 0 Å². The van der Waals surface area contributed by atoms with Crippen molar-refractivity contribution in [1.82, 2.24) is 24.5 Å². The van der Waals surface area contributed by atoms with Crippen molar-refractivity contribution in [2.45, 2.75) is 57.7 Å². The Kier molecular flexibility index (Phi) is 6.59. The molecule has 4 aromatic rings. The normalized spacial score (nSPS) is 17.4. The molecule has 5 rings (SSSR count). The molecule has 7 nitrogen and oxygen atoms in total. The van der Waals surface area contributed by atoms with Crippen molar-refractivity contribution in [3.8, 4) is 17.1 Å². The average molecular weight is 556 g/mol. The van der Waals surface area contributed by atoms with Gasteiger partial charge in [-0.15, -0.1) is 0 Å². The molecule has 0 aromatic carbocycles. The third-order valence-corrected chi connectivity index (χ3v) is 7.23. The lowest BCUT2D eigenvalue weighted by atomic mass is 10.0. The van der Waals surface area contributed by atoms with Crippen molar-refractivity contribution < 1.29 is 18.3 Å². The van der Waals surface area contributed by atoms with E-state index in [0.29, 0.717) is 40.3 Å². The van der Waals surface area contributed by atoms with Crippen LogP contribution in [0, 0.1) is 13.8 Å². The highest BCUT2D eigenvalue weighted by atomic mass is 35.5. The van der Waals surface area contributed by atoms with Gasteiger partial charge in [0.1, 0.15) is 10.6 Å². The predicted octanol–water partition coefficient (Wildman–Crippen LogP) is 5.87. The molecule has 1 aliphatic rings. The van der Waals surface area contributed by atoms with Gasteiger partial charge in [0.15, 0.2) is 5.82 Å². The van der Waals surface area contributed by atoms with Crippen molar-refractivity contribution in [2.24, 2.45) is 0 Å². The van der Waals surface area contributed by atoms with Crippen LogP contribution in [0.3, 0.4) is 0 Å². The van der Waals surface area contributed by atoms with Gasteiger partial charge in [0.05, 0.1) is 22.6 Å². The third kappa shape index (κ3) is 5.18. The van der Waals surface area contributed by atoms with Crippen LogP contribution in [0.4, 0.5) is 13.2 Å². The molecule has 4 heterocycles. The Labute approximate surface area is 227 Å². The number of nitrogens with zero attached hydrogens (tertiary/aromatic N) is 5. The summed E-state index contributed by atoms with van der Waals surface area (Å²) in [6.45, 7) is 6.77. The van der Waals surface area contributed by atoms with Crippen LogP contribution >= 0.6 is 11.6 Å². The minimum absolute atomic E-state index is 0.0251. The summed E-state index contributed by atoms with van der Waals surface area (Å²) in [6, 6.07) is 6.31. The first-order valence-corrected chi connectivity index (χ1v) is 12.6. The number of aromatic nitrogens is 5. The largest absolute Gasteiger partial charge is 0.417 e. The van der Waals surface area contributed by atoms with Gasteiger partial charge in [-0.1, -0.05) is 11.6 Å². The fourth-order valence-corrected chi connectivity index (χ4v) is 5.00. The van der Waals surface area contributed by atoms with E-state index in [0.717, 1.165) is 17.8 Å². The quantitative estimate of drug-likeness (QED) is 0.331. The molecule has 2 atom stereocenters. The molecule has 0 amide bonds. The minimum atomic E-state index is -4.48. The van der Waals surface area contributed by atoms with Gasteiger partial charge in [-0.05, 0) is 86.9 Å². The van der Waals surface area contributed by atoms with E-state index in [1.54, 1.807) is 39.1 Å². The zero-order chi connectivity index (χ0) is 28.3. The molecular weight excluding hydrogens is 531 g/mol. The Balaban J connectivity index is 1.51. The second kappa shape index (κ2) is 9.53. The lowest BCUT2D eigenvalue weighted by Crippen LogP contribution is -2.23. The summed E-state index contributed by atoms with van der Waals surface area (Å²) < 4.78 is 41.0. The zero-order valence-electron chi connectivity index (χ0n) is 21.6. The van der Waals surface area contributed by atoms with Gasteiger partial charge < -0.3 is 5.11 Å². The summed E-state index contributed by atoms with van der Waals surface area (Å²) >= 11 is 6.60. The second-order valence-corrected chi connectivity index (χ2v) is 10.7. The maximum Gasteiger partial charge on any atom is 0.417 e. The maximum absolute atomic E-state index is 13.5. The van der Waals surface area contributed by atoms with Gasteiger partial charge in [-0.25, -0.2) is 9.97 Å². The van der Waals surface area contributed by atoms with E-state index in [2.05, 4.69) is 19.9 Å². The van der Waals surface area contributed by atoms with E-state index in [1.165, 1.54) is 17.0 Å². The smallest absolute Gasteiger partial charge is 0.382 e. The number of aryl methyl sites for hydroxylation is 2. The van der Waals surface area contributed by atoms with E-state index in [1.807, 2.05) is 13.0 Å². The topological polar surface area (TPSA) is 93.8 Å². The van der Waals surface area contributed by atoms with Crippen molar-refractivity contribution in [1.29, 1.82) is 0 Å². The zero-order valence-corrected chi connectivity index (χ0v) is 22.3. The van der Waals surface area contributed by atoms with Crippen molar-refractivity contribution in [2.75, 3.05) is 0 Å². The van der Waals surface area contributed by atoms with Gasteiger partial charge in [-0.3, -0.25) is 19.3 Å². The molecule has 0 bridgehead atoms. The average Bonchev–Trinajstić information content (AvgIpc) is 3.67. The van der Waals surface area contributed by atoms with Gasteiger partial charge in [0, 0.05) is 30.5 Å². The summed E-state index contributed by atoms with van der Waals surface area (Å²) in [4.78, 5) is 30.3. The highest BCUT2D eigenvalue weighted by Crippen LogP contribution is 2.56. The molecule has 0 spiro atoms. The number of hydrogen-bond acceptors (Lipinski definition) is 6. The first kappa shape index (κ1) is 27.0. The van der Waals surface area contributed by atoms with Crippen molar-refractivity contribution in [3.63, 3.8) is 0 Å². The molecule has 202 valence electrons. The summed E-state index contributed by atoms with van der Waals surface area (Å²) in [5.41, 5.74) is 1.47. The van der Waals surface area contributed by atoms with E-state index in [9.17, 15) is 23.1 Å². The van der Waals surface area contributed by atoms with Gasteiger partial charge in [0.2, 0.25) is 0 Å². The van der Waals surface area contributed by atoms with E-state index in [4.69, 9.17) is 11.6 Å². The summed E-state index contributed by atoms with van der Waals surface area (Å²) in [7, 11) is 0. The second-order valence-electron chi connectivity index (χ2n) is 10.3. The summed E-state index contributed by atoms with van der Waals surface area (Å²) in [6.07, 6.45) is 1.48. The van der Waals surface area contributed by atoms with Crippen LogP contribution in [0.15, 0.2) is 53.8 Å². The summed E-state index contributed by atoms with van der Waals surface area (Å²) in [5.74, 6) is -0.150. The molecule has 1 N–H and O–H groups in total. The van der Waals surface area contributed by atoms with Crippen LogP contribution < -0.4 is 5.56 Å². The number of hydrogen-bond donors (Lipinski definition) is 1. The molecule has 0 saturated heterocycles. The van der Waals surface area contributed by atoms with E-state index >= 15 is 0 Å². The Morgan fingerprint density at radius 1 is 1.03 bits per heavy atom. The molecule has 39 heavy (non-hydrogen) atoms. The first-order chi connectivity index (χ1) is 18.3. The van der Waals surface area contributed by atoms with Crippen LogP contribution in [-0.2, 0) is 11.8 Å². The number of rotatable bonds is 5. The van der Waals surface area contributed by atoms with Gasteiger partial charge in [-0.2, -0.15) is 13.2 Å². The van der Waals surface area contributed by atoms with Gasteiger partial charge >= 0.3 is 6.18 Å². The third-order valence-electron chi connectivity index (χ3n) is 6.85. The molecular formula is C28H25ClF3N5O2. The van der Waals surface area contributed by atoms with E-state index in [-0.39, 0.29) is 22.7 Å². The molecule has 4 aromatic heterocycles. The molecule has 11 heteroatoms. The number of alkyl halides is 3. The highest BCUT2D eigenvalue weighted by Gasteiger charge is 2.43. The van der Waals surface area contributed by atoms with Crippen LogP contribution in [0.1, 0.15) is 65.9 Å². The molecule has 1 saturated carbocycles. The minimum Gasteiger partial charge on any atom is -0.382 e. The number of halogens is 4. The molecule has 0 radical (unpaired) electrons. The fourth-order valence-electron chi connectivity index (χ4n) is 4.72. The molecule has 0 unspecified atom stereocenters. The fraction of sp³-hybridized carbons (Fsp3) is 0.321. The first-order valence-electron chi connectivity index (χ1n) is 12.2. The van der Waals surface area contributed by atoms with E-state index < -0.39 is 22.9 Å². The number of aliphatic hydroxyl groups is 1. The molecule has 0 aliphatic heterocycles. The Morgan fingerprint density at radius 2 is 1.77 bits per heavy atom. The Bertz CT molecular complexity index is 1650. The SMILES string of the molecule is Cc1cnc(-c2ccnc(C(C)(C)O)n2)cc1-n1c(C)cc([C@@H]2C[C@H]2c2cncc(C(F)(F)F)c2)c(Cl)c1=O. The van der Waals surface area contributed by atoms with Crippen LogP contribution in [0.25, 0.3) is 17.1 Å². The standard InChI is InChI=1S/C28H25ClF3N5O2/c1-14-11-35-22(21-5-6-34-26(36-21)27(3,4)39)10-23(14)37-15(2)7-20(24(29)25(37)38)19-9-18(19)16-8-17(13-33-12-16)28(30,31)32/h5-8,10-13,18-19,39H,9H2,1-4H3/t18-,19+/m0/s1. The lowest BCUT2D eigenvalue weighted by molar-refractivity contribution is -0.137. The maximum atomic E-state index is 13.5. The Morgan fingerprint density at radius 3 is 2.46 bits per heavy atom. The number of pyridine rings is 3. The monoisotopic (exact) mass is 555 g/mol. The summed E-state index contributed by atoms with van der Waals surface area (Å²) in [5, 5.41) is 10.3. The van der Waals surface area contributed by atoms with Crippen LogP contribution in [0.2, 0.25) is 5.02 Å². The lowest BCUT2D eigenvalue weighted by Gasteiger charge is -2.17. The van der Waals surface area contributed by atoms with Crippen LogP contribution in [-0.4, -0.2) is 29.6 Å².